The SMILES string of the molecule is COC(=O)CN(C(=O)c1nc(Cl)ccc1Cl)C(C)C. The topological polar surface area (TPSA) is 59.5 Å². The predicted octanol–water partition coefficient (Wildman–Crippen LogP) is 2.41. The number of methoxy groups -OCH3 is 1. The molecule has 0 aliphatic carbocycles. The Kier molecular flexibility index (Phi) is 5.57. The van der Waals surface area contributed by atoms with Crippen molar-refractivity contribution in [1.29, 1.82) is 0 Å². The van der Waals surface area contributed by atoms with Crippen LogP contribution in [0.25, 0.3) is 0 Å². The molecule has 1 aromatic heterocycles. The van der Waals surface area contributed by atoms with Gasteiger partial charge in [0.25, 0.3) is 5.91 Å². The van der Waals surface area contributed by atoms with Crippen molar-refractivity contribution in [3.05, 3.63) is 28.0 Å². The summed E-state index contributed by atoms with van der Waals surface area (Å²) < 4.78 is 4.56. The summed E-state index contributed by atoms with van der Waals surface area (Å²) in [5, 5.41) is 0.347. The van der Waals surface area contributed by atoms with Gasteiger partial charge in [0.15, 0.2) is 0 Å². The Labute approximate surface area is 121 Å². The van der Waals surface area contributed by atoms with E-state index in [9.17, 15) is 9.59 Å². The van der Waals surface area contributed by atoms with Gasteiger partial charge in [-0.15, -0.1) is 0 Å². The second kappa shape index (κ2) is 6.73. The van der Waals surface area contributed by atoms with Crippen LogP contribution in [-0.2, 0) is 9.53 Å². The zero-order valence-corrected chi connectivity index (χ0v) is 12.3. The Morgan fingerprint density at radius 1 is 1.37 bits per heavy atom. The van der Waals surface area contributed by atoms with E-state index >= 15 is 0 Å². The molecule has 0 radical (unpaired) electrons. The van der Waals surface area contributed by atoms with E-state index in [-0.39, 0.29) is 28.5 Å². The summed E-state index contributed by atoms with van der Waals surface area (Å²) in [7, 11) is 1.26. The van der Waals surface area contributed by atoms with Crippen molar-refractivity contribution in [3.8, 4) is 0 Å². The highest BCUT2D eigenvalue weighted by Gasteiger charge is 2.25. The van der Waals surface area contributed by atoms with Crippen molar-refractivity contribution in [2.75, 3.05) is 13.7 Å². The molecule has 1 amide bonds. The summed E-state index contributed by atoms with van der Waals surface area (Å²) in [4.78, 5) is 28.9. The first-order valence-electron chi connectivity index (χ1n) is 5.56. The first-order chi connectivity index (χ1) is 8.86. The number of aromatic nitrogens is 1. The van der Waals surface area contributed by atoms with Crippen LogP contribution in [0.1, 0.15) is 24.3 Å². The Balaban J connectivity index is 3.05. The van der Waals surface area contributed by atoms with Gasteiger partial charge in [0.05, 0.1) is 12.1 Å². The van der Waals surface area contributed by atoms with Gasteiger partial charge in [0.2, 0.25) is 0 Å². The Hall–Kier alpha value is -1.33. The number of nitrogens with zero attached hydrogens (tertiary/aromatic N) is 2. The van der Waals surface area contributed by atoms with Crippen molar-refractivity contribution >= 4 is 35.1 Å². The lowest BCUT2D eigenvalue weighted by molar-refractivity contribution is -0.141. The number of halogens is 2. The van der Waals surface area contributed by atoms with Crippen LogP contribution >= 0.6 is 23.2 Å². The first kappa shape index (κ1) is 15.7. The number of hydrogen-bond donors (Lipinski definition) is 0. The number of carbonyl (C=O) groups is 2. The first-order valence-corrected chi connectivity index (χ1v) is 6.32. The number of rotatable bonds is 4. The fraction of sp³-hybridized carbons (Fsp3) is 0.417. The molecular weight excluding hydrogens is 291 g/mol. The molecule has 1 aromatic rings. The minimum atomic E-state index is -0.514. The number of esters is 1. The van der Waals surface area contributed by atoms with Crippen molar-refractivity contribution in [3.63, 3.8) is 0 Å². The molecule has 0 N–H and O–H groups in total. The van der Waals surface area contributed by atoms with E-state index in [1.807, 2.05) is 0 Å². The van der Waals surface area contributed by atoms with Gasteiger partial charge in [-0.05, 0) is 26.0 Å². The van der Waals surface area contributed by atoms with Crippen molar-refractivity contribution in [2.45, 2.75) is 19.9 Å². The molecule has 0 fully saturated rings. The Bertz CT molecular complexity index is 492. The van der Waals surface area contributed by atoms with Gasteiger partial charge in [0, 0.05) is 6.04 Å². The summed E-state index contributed by atoms with van der Waals surface area (Å²) >= 11 is 11.7. The highest BCUT2D eigenvalue weighted by molar-refractivity contribution is 6.34. The number of pyridine rings is 1. The van der Waals surface area contributed by atoms with Crippen molar-refractivity contribution in [2.24, 2.45) is 0 Å². The molecular formula is C12H14Cl2N2O3. The average molecular weight is 305 g/mol. The molecule has 0 aromatic carbocycles. The minimum absolute atomic E-state index is 0.0202. The van der Waals surface area contributed by atoms with Crippen LogP contribution in [0.3, 0.4) is 0 Å². The van der Waals surface area contributed by atoms with E-state index < -0.39 is 11.9 Å². The van der Waals surface area contributed by atoms with Crippen LogP contribution in [0, 0.1) is 0 Å². The summed E-state index contributed by atoms with van der Waals surface area (Å²) in [6, 6.07) is 2.77. The molecule has 7 heteroatoms. The Morgan fingerprint density at radius 3 is 2.53 bits per heavy atom. The third-order valence-electron chi connectivity index (χ3n) is 2.43. The maximum atomic E-state index is 12.3. The number of carbonyl (C=O) groups excluding carboxylic acids is 2. The summed E-state index contributed by atoms with van der Waals surface area (Å²) in [5.41, 5.74) is 0.0202. The van der Waals surface area contributed by atoms with E-state index in [2.05, 4.69) is 9.72 Å². The second-order valence-corrected chi connectivity index (χ2v) is 4.86. The quantitative estimate of drug-likeness (QED) is 0.633. The molecule has 0 aliphatic heterocycles. The van der Waals surface area contributed by atoms with Crippen LogP contribution in [-0.4, -0.2) is 41.5 Å². The molecule has 104 valence electrons. The van der Waals surface area contributed by atoms with Gasteiger partial charge in [-0.3, -0.25) is 9.59 Å². The normalized spacial score (nSPS) is 10.4. The van der Waals surface area contributed by atoms with Gasteiger partial charge in [-0.2, -0.15) is 0 Å². The number of hydrogen-bond acceptors (Lipinski definition) is 4. The lowest BCUT2D eigenvalue weighted by Crippen LogP contribution is -2.41. The largest absolute Gasteiger partial charge is 0.468 e. The third kappa shape index (κ3) is 4.08. The molecule has 0 spiro atoms. The molecule has 0 saturated heterocycles. The molecule has 1 heterocycles. The van der Waals surface area contributed by atoms with Gasteiger partial charge < -0.3 is 9.64 Å². The van der Waals surface area contributed by atoms with Crippen LogP contribution in [0.5, 0.6) is 0 Å². The molecule has 0 bridgehead atoms. The van der Waals surface area contributed by atoms with Crippen LogP contribution in [0.15, 0.2) is 12.1 Å². The van der Waals surface area contributed by atoms with Gasteiger partial charge in [0.1, 0.15) is 17.4 Å². The standard InChI is InChI=1S/C12H14Cl2N2O3/c1-7(2)16(6-10(17)19-3)12(18)11-8(13)4-5-9(14)15-11/h4-5,7H,6H2,1-3H3. The van der Waals surface area contributed by atoms with Crippen molar-refractivity contribution in [1.82, 2.24) is 9.88 Å². The van der Waals surface area contributed by atoms with Gasteiger partial charge in [-0.1, -0.05) is 23.2 Å². The lowest BCUT2D eigenvalue weighted by atomic mass is 10.2. The minimum Gasteiger partial charge on any atom is -0.468 e. The zero-order chi connectivity index (χ0) is 14.6. The highest BCUT2D eigenvalue weighted by atomic mass is 35.5. The lowest BCUT2D eigenvalue weighted by Gasteiger charge is -2.25. The molecule has 0 aliphatic rings. The number of amides is 1. The van der Waals surface area contributed by atoms with Gasteiger partial charge in [-0.25, -0.2) is 4.98 Å². The maximum Gasteiger partial charge on any atom is 0.325 e. The number of ether oxygens (including phenoxy) is 1. The Morgan fingerprint density at radius 2 is 2.00 bits per heavy atom. The third-order valence-corrected chi connectivity index (χ3v) is 2.94. The second-order valence-electron chi connectivity index (χ2n) is 4.07. The molecule has 0 unspecified atom stereocenters. The van der Waals surface area contributed by atoms with E-state index in [0.29, 0.717) is 0 Å². The monoisotopic (exact) mass is 304 g/mol. The highest BCUT2D eigenvalue weighted by Crippen LogP contribution is 2.19. The molecule has 1 rings (SSSR count). The van der Waals surface area contributed by atoms with E-state index in [1.54, 1.807) is 13.8 Å². The molecule has 0 saturated carbocycles. The smallest absolute Gasteiger partial charge is 0.325 e. The van der Waals surface area contributed by atoms with E-state index in [0.717, 1.165) is 0 Å². The van der Waals surface area contributed by atoms with Gasteiger partial charge >= 0.3 is 5.97 Å². The summed E-state index contributed by atoms with van der Waals surface area (Å²) in [6.07, 6.45) is 0. The molecule has 19 heavy (non-hydrogen) atoms. The van der Waals surface area contributed by atoms with Crippen LogP contribution in [0.2, 0.25) is 10.2 Å². The van der Waals surface area contributed by atoms with E-state index in [4.69, 9.17) is 23.2 Å². The molecule has 0 atom stereocenters. The van der Waals surface area contributed by atoms with E-state index in [1.165, 1.54) is 24.1 Å². The fourth-order valence-electron chi connectivity index (χ4n) is 1.40. The van der Waals surface area contributed by atoms with Crippen molar-refractivity contribution < 1.29 is 14.3 Å². The predicted molar refractivity (Wildman–Crippen MR) is 72.4 cm³/mol. The summed E-state index contributed by atoms with van der Waals surface area (Å²) in [5.74, 6) is -0.979. The maximum absolute atomic E-state index is 12.3. The fourth-order valence-corrected chi connectivity index (χ4v) is 1.73. The zero-order valence-electron chi connectivity index (χ0n) is 10.8. The van der Waals surface area contributed by atoms with Crippen LogP contribution in [0.4, 0.5) is 0 Å². The average Bonchev–Trinajstić information content (AvgIpc) is 2.37. The van der Waals surface area contributed by atoms with Crippen LogP contribution < -0.4 is 0 Å². The summed E-state index contributed by atoms with van der Waals surface area (Å²) in [6.45, 7) is 3.39. The molecule has 5 nitrogen and oxygen atoms in total.